The van der Waals surface area contributed by atoms with Crippen molar-refractivity contribution in [3.05, 3.63) is 60.1 Å². The molecule has 0 fully saturated rings. The second-order valence-electron chi connectivity index (χ2n) is 4.77. The molecule has 6 nitrogen and oxygen atoms in total. The molecule has 0 aliphatic rings. The molecule has 0 bridgehead atoms. The number of nitrogens with one attached hydrogen (secondary N) is 2. The molecule has 2 amide bonds. The first-order valence-electron chi connectivity index (χ1n) is 7.07. The number of nitrogens with two attached hydrogens (primary N) is 1. The molecule has 4 N–H and O–H groups in total. The van der Waals surface area contributed by atoms with Crippen LogP contribution in [-0.2, 0) is 11.2 Å². The molecule has 23 heavy (non-hydrogen) atoms. The smallest absolute Gasteiger partial charge is 0.287 e. The lowest BCUT2D eigenvalue weighted by atomic mass is 10.1. The fourth-order valence-corrected chi connectivity index (χ4v) is 2.01. The van der Waals surface area contributed by atoms with Crippen LogP contribution in [-0.4, -0.2) is 30.9 Å². The first-order valence-corrected chi connectivity index (χ1v) is 7.07. The van der Waals surface area contributed by atoms with Crippen molar-refractivity contribution in [1.29, 1.82) is 0 Å². The van der Waals surface area contributed by atoms with Crippen LogP contribution in [0.3, 0.4) is 0 Å². The van der Waals surface area contributed by atoms with Crippen LogP contribution in [0.15, 0.2) is 53.1 Å². The summed E-state index contributed by atoms with van der Waals surface area (Å²) < 4.78 is 5.04. The van der Waals surface area contributed by atoms with Crippen molar-refractivity contribution in [3.63, 3.8) is 0 Å². The van der Waals surface area contributed by atoms with Crippen LogP contribution in [0, 0.1) is 0 Å². The van der Waals surface area contributed by atoms with E-state index in [4.69, 9.17) is 10.2 Å². The minimum Gasteiger partial charge on any atom is -0.459 e. The summed E-state index contributed by atoms with van der Waals surface area (Å²) >= 11 is 0. The Hall–Kier alpha value is -2.31. The maximum Gasteiger partial charge on any atom is 0.287 e. The van der Waals surface area contributed by atoms with Crippen LogP contribution in [0.4, 0.5) is 0 Å². The standard InChI is InChI=1S/C16H19N3O3.ClH/c17-8-9-18-15(20)13(11-12-5-2-1-3-6-12)19-16(21)14-7-4-10-22-14;/h1-7,10,13H,8-9,11,17H2,(H,18,20)(H,19,21);1H. The summed E-state index contributed by atoms with van der Waals surface area (Å²) in [5.74, 6) is -0.521. The maximum atomic E-state index is 12.2. The van der Waals surface area contributed by atoms with E-state index in [1.54, 1.807) is 12.1 Å². The first-order chi connectivity index (χ1) is 10.7. The van der Waals surface area contributed by atoms with Gasteiger partial charge < -0.3 is 20.8 Å². The Morgan fingerprint density at radius 2 is 1.87 bits per heavy atom. The van der Waals surface area contributed by atoms with Gasteiger partial charge in [0.15, 0.2) is 5.76 Å². The van der Waals surface area contributed by atoms with Crippen LogP contribution >= 0.6 is 12.4 Å². The second-order valence-corrected chi connectivity index (χ2v) is 4.77. The van der Waals surface area contributed by atoms with Gasteiger partial charge in [-0.15, -0.1) is 12.4 Å². The van der Waals surface area contributed by atoms with E-state index in [-0.39, 0.29) is 24.1 Å². The topological polar surface area (TPSA) is 97.4 Å². The molecule has 0 saturated heterocycles. The van der Waals surface area contributed by atoms with Gasteiger partial charge >= 0.3 is 0 Å². The Bertz CT molecular complexity index is 602. The zero-order valence-electron chi connectivity index (χ0n) is 12.5. The SMILES string of the molecule is Cl.NCCNC(=O)C(Cc1ccccc1)NC(=O)c1ccco1. The average Bonchev–Trinajstić information content (AvgIpc) is 3.07. The maximum absolute atomic E-state index is 12.2. The molecule has 2 rings (SSSR count). The summed E-state index contributed by atoms with van der Waals surface area (Å²) in [6, 6.07) is 12.0. The number of amides is 2. The molecule has 1 aromatic heterocycles. The number of benzene rings is 1. The van der Waals surface area contributed by atoms with E-state index < -0.39 is 11.9 Å². The van der Waals surface area contributed by atoms with Gasteiger partial charge in [0, 0.05) is 19.5 Å². The fraction of sp³-hybridized carbons (Fsp3) is 0.250. The molecule has 7 heteroatoms. The highest BCUT2D eigenvalue weighted by Crippen LogP contribution is 2.06. The Morgan fingerprint density at radius 3 is 2.48 bits per heavy atom. The molecule has 124 valence electrons. The van der Waals surface area contributed by atoms with E-state index in [0.29, 0.717) is 19.5 Å². The fourth-order valence-electron chi connectivity index (χ4n) is 2.01. The van der Waals surface area contributed by atoms with Crippen LogP contribution in [0.1, 0.15) is 16.1 Å². The van der Waals surface area contributed by atoms with Gasteiger partial charge in [-0.1, -0.05) is 30.3 Å². The van der Waals surface area contributed by atoms with E-state index in [2.05, 4.69) is 10.6 Å². The zero-order chi connectivity index (χ0) is 15.8. The van der Waals surface area contributed by atoms with Crippen LogP contribution in [0.2, 0.25) is 0 Å². The van der Waals surface area contributed by atoms with Crippen LogP contribution in [0.5, 0.6) is 0 Å². The summed E-state index contributed by atoms with van der Waals surface area (Å²) in [7, 11) is 0. The molecular weight excluding hydrogens is 318 g/mol. The third-order valence-corrected chi connectivity index (χ3v) is 3.09. The van der Waals surface area contributed by atoms with Crippen LogP contribution in [0.25, 0.3) is 0 Å². The molecule has 0 spiro atoms. The van der Waals surface area contributed by atoms with Crippen molar-refractivity contribution in [3.8, 4) is 0 Å². The van der Waals surface area contributed by atoms with Crippen molar-refractivity contribution < 1.29 is 14.0 Å². The lowest BCUT2D eigenvalue weighted by molar-refractivity contribution is -0.122. The highest BCUT2D eigenvalue weighted by molar-refractivity contribution is 5.95. The summed E-state index contributed by atoms with van der Waals surface area (Å²) in [6.07, 6.45) is 1.80. The largest absolute Gasteiger partial charge is 0.459 e. The zero-order valence-corrected chi connectivity index (χ0v) is 13.3. The highest BCUT2D eigenvalue weighted by atomic mass is 35.5. The van der Waals surface area contributed by atoms with Gasteiger partial charge in [0.2, 0.25) is 5.91 Å². The molecule has 0 saturated carbocycles. The average molecular weight is 338 g/mol. The van der Waals surface area contributed by atoms with Crippen molar-refractivity contribution in [2.75, 3.05) is 13.1 Å². The summed E-state index contributed by atoms with van der Waals surface area (Å²) in [5, 5.41) is 5.39. The molecule has 2 aromatic rings. The van der Waals surface area contributed by atoms with Gasteiger partial charge in [0.05, 0.1) is 6.26 Å². The number of carbonyl (C=O) groups excluding carboxylic acids is 2. The number of furan rings is 1. The highest BCUT2D eigenvalue weighted by Gasteiger charge is 2.22. The molecular formula is C16H20ClN3O3. The van der Waals surface area contributed by atoms with Crippen molar-refractivity contribution in [2.45, 2.75) is 12.5 Å². The van der Waals surface area contributed by atoms with Crippen LogP contribution < -0.4 is 16.4 Å². The van der Waals surface area contributed by atoms with Crippen molar-refractivity contribution >= 4 is 24.2 Å². The summed E-state index contributed by atoms with van der Waals surface area (Å²) in [6.45, 7) is 0.705. The number of rotatable bonds is 7. The summed E-state index contributed by atoms with van der Waals surface area (Å²) in [5.41, 5.74) is 6.34. The lowest BCUT2D eigenvalue weighted by Crippen LogP contribution is -2.48. The van der Waals surface area contributed by atoms with Gasteiger partial charge in [-0.3, -0.25) is 9.59 Å². The van der Waals surface area contributed by atoms with E-state index >= 15 is 0 Å². The molecule has 1 unspecified atom stereocenters. The molecule has 1 heterocycles. The Kier molecular flexibility index (Phi) is 7.87. The van der Waals surface area contributed by atoms with E-state index in [1.165, 1.54) is 6.26 Å². The predicted molar refractivity (Wildman–Crippen MR) is 89.4 cm³/mol. The molecule has 0 radical (unpaired) electrons. The van der Waals surface area contributed by atoms with Crippen molar-refractivity contribution in [1.82, 2.24) is 10.6 Å². The number of halogens is 1. The van der Waals surface area contributed by atoms with E-state index in [0.717, 1.165) is 5.56 Å². The minimum absolute atomic E-state index is 0. The Morgan fingerprint density at radius 1 is 1.13 bits per heavy atom. The van der Waals surface area contributed by atoms with Gasteiger partial charge in [-0.05, 0) is 17.7 Å². The summed E-state index contributed by atoms with van der Waals surface area (Å²) in [4.78, 5) is 24.3. The second kappa shape index (κ2) is 9.66. The van der Waals surface area contributed by atoms with Gasteiger partial charge in [-0.25, -0.2) is 0 Å². The van der Waals surface area contributed by atoms with Crippen molar-refractivity contribution in [2.24, 2.45) is 5.73 Å². The molecule has 1 aromatic carbocycles. The van der Waals surface area contributed by atoms with E-state index in [9.17, 15) is 9.59 Å². The Balaban J connectivity index is 0.00000264. The third-order valence-electron chi connectivity index (χ3n) is 3.09. The van der Waals surface area contributed by atoms with Gasteiger partial charge in [0.25, 0.3) is 5.91 Å². The molecule has 0 aliphatic heterocycles. The van der Waals surface area contributed by atoms with Gasteiger partial charge in [-0.2, -0.15) is 0 Å². The number of hydrogen-bond acceptors (Lipinski definition) is 4. The Labute approximate surface area is 140 Å². The predicted octanol–water partition coefficient (Wildman–Crippen LogP) is 1.12. The number of hydrogen-bond donors (Lipinski definition) is 3. The quantitative estimate of drug-likeness (QED) is 0.705. The van der Waals surface area contributed by atoms with Gasteiger partial charge in [0.1, 0.15) is 6.04 Å². The third kappa shape index (κ3) is 5.77. The molecule has 1 atom stereocenters. The van der Waals surface area contributed by atoms with E-state index in [1.807, 2.05) is 30.3 Å². The lowest BCUT2D eigenvalue weighted by Gasteiger charge is -2.18. The monoisotopic (exact) mass is 337 g/mol. The normalized spacial score (nSPS) is 11.2. The molecule has 0 aliphatic carbocycles. The minimum atomic E-state index is -0.688. The number of carbonyl (C=O) groups is 2. The first kappa shape index (κ1) is 18.7.